The van der Waals surface area contributed by atoms with Crippen LogP contribution in [0, 0.1) is 0 Å². The van der Waals surface area contributed by atoms with Crippen molar-refractivity contribution in [1.82, 2.24) is 4.90 Å². The third kappa shape index (κ3) is 4.88. The summed E-state index contributed by atoms with van der Waals surface area (Å²) in [5, 5.41) is 0. The molecule has 0 bridgehead atoms. The molecule has 78 valence electrons. The molecule has 0 spiro atoms. The molecule has 0 unspecified atom stereocenters. The van der Waals surface area contributed by atoms with E-state index in [1.54, 1.807) is 0 Å². The lowest BCUT2D eigenvalue weighted by atomic mass is 10.3. The van der Waals surface area contributed by atoms with E-state index < -0.39 is 0 Å². The molecule has 0 aliphatic carbocycles. The smallest absolute Gasteiger partial charge is 0.248 e. The molecule has 0 aromatic carbocycles. The van der Waals surface area contributed by atoms with Gasteiger partial charge in [-0.3, -0.25) is 4.79 Å². The number of carbonyl (C=O) groups excluding carboxylic acids is 1. The molecule has 0 heterocycles. The number of rotatable bonds is 5. The molecule has 0 saturated carbocycles. The fourth-order valence-electron chi connectivity index (χ4n) is 1.15. The number of ether oxygens (including phenoxy) is 1. The molecular formula is C10H21NO2. The Labute approximate surface area is 81.1 Å². The number of hydrogen-bond acceptors (Lipinski definition) is 2. The molecule has 3 heteroatoms. The summed E-state index contributed by atoms with van der Waals surface area (Å²) in [4.78, 5) is 13.3. The number of carbonyl (C=O) groups is 1. The number of nitrogens with zero attached hydrogens (tertiary/aromatic N) is 1. The Morgan fingerprint density at radius 3 is 2.15 bits per heavy atom. The van der Waals surface area contributed by atoms with E-state index in [0.29, 0.717) is 0 Å². The molecule has 0 rings (SSSR count). The standard InChI is InChI=1S/C10H21NO2/c1-6-11(8(2)3)10(12)7-13-9(4)5/h8-9H,6-7H2,1-5H3. The van der Waals surface area contributed by atoms with Crippen molar-refractivity contribution in [3.63, 3.8) is 0 Å². The summed E-state index contributed by atoms with van der Waals surface area (Å²) in [5.41, 5.74) is 0. The second-order valence-corrected chi connectivity index (χ2v) is 3.63. The van der Waals surface area contributed by atoms with Crippen LogP contribution >= 0.6 is 0 Å². The van der Waals surface area contributed by atoms with E-state index in [9.17, 15) is 4.79 Å². The highest BCUT2D eigenvalue weighted by Crippen LogP contribution is 1.99. The summed E-state index contributed by atoms with van der Waals surface area (Å²) in [7, 11) is 0. The summed E-state index contributed by atoms with van der Waals surface area (Å²) >= 11 is 0. The predicted octanol–water partition coefficient (Wildman–Crippen LogP) is 1.67. The monoisotopic (exact) mass is 187 g/mol. The van der Waals surface area contributed by atoms with Crippen molar-refractivity contribution in [3.8, 4) is 0 Å². The Morgan fingerprint density at radius 1 is 1.31 bits per heavy atom. The van der Waals surface area contributed by atoms with Crippen LogP contribution in [0.3, 0.4) is 0 Å². The first-order valence-electron chi connectivity index (χ1n) is 4.90. The van der Waals surface area contributed by atoms with Gasteiger partial charge in [-0.1, -0.05) is 0 Å². The highest BCUT2D eigenvalue weighted by Gasteiger charge is 2.14. The van der Waals surface area contributed by atoms with Crippen LogP contribution in [0.15, 0.2) is 0 Å². The lowest BCUT2D eigenvalue weighted by Gasteiger charge is -2.25. The Morgan fingerprint density at radius 2 is 1.85 bits per heavy atom. The second-order valence-electron chi connectivity index (χ2n) is 3.63. The summed E-state index contributed by atoms with van der Waals surface area (Å²) in [6.45, 7) is 10.8. The zero-order chi connectivity index (χ0) is 10.4. The van der Waals surface area contributed by atoms with Gasteiger partial charge in [0.25, 0.3) is 0 Å². The second kappa shape index (κ2) is 5.97. The van der Waals surface area contributed by atoms with Gasteiger partial charge in [-0.05, 0) is 34.6 Å². The third-order valence-electron chi connectivity index (χ3n) is 1.82. The normalized spacial score (nSPS) is 11.0. The predicted molar refractivity (Wildman–Crippen MR) is 53.6 cm³/mol. The third-order valence-corrected chi connectivity index (χ3v) is 1.82. The molecule has 1 amide bonds. The maximum Gasteiger partial charge on any atom is 0.248 e. The first-order chi connectivity index (χ1) is 5.99. The van der Waals surface area contributed by atoms with E-state index in [4.69, 9.17) is 4.74 Å². The maximum atomic E-state index is 11.5. The van der Waals surface area contributed by atoms with E-state index >= 15 is 0 Å². The lowest BCUT2D eigenvalue weighted by Crippen LogP contribution is -2.39. The van der Waals surface area contributed by atoms with Gasteiger partial charge in [-0.25, -0.2) is 0 Å². The Balaban J connectivity index is 3.92. The minimum absolute atomic E-state index is 0.0752. The van der Waals surface area contributed by atoms with Gasteiger partial charge in [0.05, 0.1) is 6.10 Å². The molecule has 0 aromatic rings. The maximum absolute atomic E-state index is 11.5. The van der Waals surface area contributed by atoms with Gasteiger partial charge in [0.1, 0.15) is 6.61 Å². The molecule has 0 aromatic heterocycles. The van der Waals surface area contributed by atoms with Crippen molar-refractivity contribution in [2.45, 2.75) is 46.8 Å². The molecule has 0 fully saturated rings. The van der Waals surface area contributed by atoms with Gasteiger partial charge in [-0.15, -0.1) is 0 Å². The Kier molecular flexibility index (Phi) is 5.71. The molecule has 0 aliphatic heterocycles. The number of likely N-dealkylation sites (N-methyl/N-ethyl adjacent to an activating group) is 1. The molecule has 0 radical (unpaired) electrons. The van der Waals surface area contributed by atoms with Crippen molar-refractivity contribution in [3.05, 3.63) is 0 Å². The van der Waals surface area contributed by atoms with Gasteiger partial charge >= 0.3 is 0 Å². The van der Waals surface area contributed by atoms with Crippen LogP contribution in [0.4, 0.5) is 0 Å². The van der Waals surface area contributed by atoms with Crippen LogP contribution in [0.5, 0.6) is 0 Å². The average molecular weight is 187 g/mol. The van der Waals surface area contributed by atoms with E-state index in [-0.39, 0.29) is 24.7 Å². The quantitative estimate of drug-likeness (QED) is 0.655. The van der Waals surface area contributed by atoms with Gasteiger partial charge < -0.3 is 9.64 Å². The summed E-state index contributed by atoms with van der Waals surface area (Å²) in [6.07, 6.45) is 0.120. The van der Waals surface area contributed by atoms with Crippen LogP contribution in [-0.4, -0.2) is 36.1 Å². The van der Waals surface area contributed by atoms with E-state index in [2.05, 4.69) is 0 Å². The summed E-state index contributed by atoms with van der Waals surface area (Å²) in [6, 6.07) is 0.258. The largest absolute Gasteiger partial charge is 0.369 e. The van der Waals surface area contributed by atoms with Crippen molar-refractivity contribution >= 4 is 5.91 Å². The van der Waals surface area contributed by atoms with Crippen LogP contribution < -0.4 is 0 Å². The molecule has 0 aliphatic rings. The minimum atomic E-state index is 0.0752. The Bertz CT molecular complexity index is 155. The highest BCUT2D eigenvalue weighted by molar-refractivity contribution is 5.77. The average Bonchev–Trinajstić information content (AvgIpc) is 2.01. The minimum Gasteiger partial charge on any atom is -0.369 e. The van der Waals surface area contributed by atoms with Crippen LogP contribution in [0.1, 0.15) is 34.6 Å². The van der Waals surface area contributed by atoms with Crippen molar-refractivity contribution in [2.75, 3.05) is 13.2 Å². The van der Waals surface area contributed by atoms with Crippen molar-refractivity contribution in [1.29, 1.82) is 0 Å². The van der Waals surface area contributed by atoms with Gasteiger partial charge in [0.2, 0.25) is 5.91 Å². The number of amides is 1. The fourth-order valence-corrected chi connectivity index (χ4v) is 1.15. The van der Waals surface area contributed by atoms with Crippen molar-refractivity contribution < 1.29 is 9.53 Å². The van der Waals surface area contributed by atoms with Crippen LogP contribution in [-0.2, 0) is 9.53 Å². The zero-order valence-corrected chi connectivity index (χ0v) is 9.33. The lowest BCUT2D eigenvalue weighted by molar-refractivity contribution is -0.139. The Hall–Kier alpha value is -0.570. The van der Waals surface area contributed by atoms with E-state index in [1.807, 2.05) is 39.5 Å². The highest BCUT2D eigenvalue weighted by atomic mass is 16.5. The molecule has 3 nitrogen and oxygen atoms in total. The first kappa shape index (κ1) is 12.4. The van der Waals surface area contributed by atoms with Gasteiger partial charge in [-0.2, -0.15) is 0 Å². The summed E-state index contributed by atoms with van der Waals surface area (Å²) < 4.78 is 5.25. The van der Waals surface area contributed by atoms with Crippen LogP contribution in [0.25, 0.3) is 0 Å². The van der Waals surface area contributed by atoms with E-state index in [0.717, 1.165) is 6.54 Å². The van der Waals surface area contributed by atoms with Crippen LogP contribution in [0.2, 0.25) is 0 Å². The number of hydrogen-bond donors (Lipinski definition) is 0. The molecule has 0 N–H and O–H groups in total. The fraction of sp³-hybridized carbons (Fsp3) is 0.900. The van der Waals surface area contributed by atoms with Gasteiger partial charge in [0.15, 0.2) is 0 Å². The molecule has 0 atom stereocenters. The van der Waals surface area contributed by atoms with Crippen molar-refractivity contribution in [2.24, 2.45) is 0 Å². The zero-order valence-electron chi connectivity index (χ0n) is 9.33. The topological polar surface area (TPSA) is 29.5 Å². The molecule has 0 saturated heterocycles. The van der Waals surface area contributed by atoms with Gasteiger partial charge in [0, 0.05) is 12.6 Å². The van der Waals surface area contributed by atoms with E-state index in [1.165, 1.54) is 0 Å². The first-order valence-corrected chi connectivity index (χ1v) is 4.90. The molecular weight excluding hydrogens is 166 g/mol. The molecule has 13 heavy (non-hydrogen) atoms. The summed E-state index contributed by atoms with van der Waals surface area (Å²) in [5.74, 6) is 0.0752. The SMILES string of the molecule is CCN(C(=O)COC(C)C)C(C)C.